The minimum atomic E-state index is 0.134. The van der Waals surface area contributed by atoms with Crippen LogP contribution in [-0.4, -0.2) is 17.6 Å². The number of nitrogens with two attached hydrogens (primary N) is 1. The summed E-state index contributed by atoms with van der Waals surface area (Å²) in [5, 5.41) is 15.7. The van der Waals surface area contributed by atoms with Crippen LogP contribution in [0.4, 0.5) is 5.69 Å². The quantitative estimate of drug-likeness (QED) is 0.335. The van der Waals surface area contributed by atoms with E-state index in [9.17, 15) is 0 Å². The van der Waals surface area contributed by atoms with E-state index in [1.807, 2.05) is 18.2 Å². The predicted molar refractivity (Wildman–Crippen MR) is 77.3 cm³/mol. The van der Waals surface area contributed by atoms with Gasteiger partial charge < -0.3 is 16.3 Å². The van der Waals surface area contributed by atoms with E-state index in [0.29, 0.717) is 17.3 Å². The standard InChI is InChI=1S/C12H15BrClN3O/c13-9-5-8(14)1-2-10(9)16-7-12(3-4-12)6-11(15)17-18/h1-2,5,16,18H,3-4,6-7H2,(H2,15,17). The van der Waals surface area contributed by atoms with Crippen molar-refractivity contribution in [2.45, 2.75) is 19.3 Å². The molecule has 0 bridgehead atoms. The Labute approximate surface area is 119 Å². The first kappa shape index (κ1) is 13.5. The van der Waals surface area contributed by atoms with Crippen LogP contribution in [-0.2, 0) is 0 Å². The lowest BCUT2D eigenvalue weighted by Gasteiger charge is -2.17. The van der Waals surface area contributed by atoms with Gasteiger partial charge in [0.25, 0.3) is 0 Å². The Morgan fingerprint density at radius 3 is 2.83 bits per heavy atom. The molecule has 1 fully saturated rings. The molecule has 0 radical (unpaired) electrons. The van der Waals surface area contributed by atoms with Crippen molar-refractivity contribution < 1.29 is 5.21 Å². The van der Waals surface area contributed by atoms with Crippen LogP contribution >= 0.6 is 27.5 Å². The smallest absolute Gasteiger partial charge is 0.139 e. The fourth-order valence-electron chi connectivity index (χ4n) is 1.93. The largest absolute Gasteiger partial charge is 0.409 e. The zero-order valence-electron chi connectivity index (χ0n) is 9.79. The molecule has 1 saturated carbocycles. The van der Waals surface area contributed by atoms with Gasteiger partial charge >= 0.3 is 0 Å². The zero-order valence-corrected chi connectivity index (χ0v) is 12.1. The first-order valence-corrected chi connectivity index (χ1v) is 6.87. The number of halogens is 2. The molecular weight excluding hydrogens is 318 g/mol. The second-order valence-corrected chi connectivity index (χ2v) is 6.04. The van der Waals surface area contributed by atoms with Gasteiger partial charge in [-0.1, -0.05) is 16.8 Å². The van der Waals surface area contributed by atoms with Crippen molar-refractivity contribution in [3.63, 3.8) is 0 Å². The molecule has 0 atom stereocenters. The molecule has 1 aromatic carbocycles. The molecule has 1 aliphatic rings. The Hall–Kier alpha value is -0.940. The Bertz CT molecular complexity index is 474. The minimum Gasteiger partial charge on any atom is -0.409 e. The van der Waals surface area contributed by atoms with Crippen LogP contribution in [0.5, 0.6) is 0 Å². The van der Waals surface area contributed by atoms with Crippen LogP contribution < -0.4 is 11.1 Å². The number of hydrogen-bond acceptors (Lipinski definition) is 3. The van der Waals surface area contributed by atoms with E-state index >= 15 is 0 Å². The Morgan fingerprint density at radius 1 is 1.56 bits per heavy atom. The molecule has 4 N–H and O–H groups in total. The van der Waals surface area contributed by atoms with Crippen LogP contribution in [0.1, 0.15) is 19.3 Å². The van der Waals surface area contributed by atoms with Crippen molar-refractivity contribution >= 4 is 39.1 Å². The summed E-state index contributed by atoms with van der Waals surface area (Å²) in [5.41, 5.74) is 6.70. The van der Waals surface area contributed by atoms with Gasteiger partial charge in [-0.2, -0.15) is 0 Å². The van der Waals surface area contributed by atoms with Gasteiger partial charge in [0, 0.05) is 28.1 Å². The van der Waals surface area contributed by atoms with Crippen LogP contribution in [0, 0.1) is 5.41 Å². The van der Waals surface area contributed by atoms with E-state index in [2.05, 4.69) is 26.4 Å². The predicted octanol–water partition coefficient (Wildman–Crippen LogP) is 3.43. The van der Waals surface area contributed by atoms with Crippen molar-refractivity contribution in [2.75, 3.05) is 11.9 Å². The van der Waals surface area contributed by atoms with Crippen LogP contribution in [0.3, 0.4) is 0 Å². The average Bonchev–Trinajstić information content (AvgIpc) is 3.08. The molecule has 1 aromatic rings. The van der Waals surface area contributed by atoms with Crippen LogP contribution in [0.15, 0.2) is 27.8 Å². The highest BCUT2D eigenvalue weighted by molar-refractivity contribution is 9.10. The summed E-state index contributed by atoms with van der Waals surface area (Å²) < 4.78 is 0.939. The lowest BCUT2D eigenvalue weighted by atomic mass is 10.0. The number of amidine groups is 1. The molecule has 0 heterocycles. The average molecular weight is 333 g/mol. The fraction of sp³-hybridized carbons (Fsp3) is 0.417. The highest BCUT2D eigenvalue weighted by Crippen LogP contribution is 2.49. The maximum atomic E-state index is 8.61. The summed E-state index contributed by atoms with van der Waals surface area (Å²) in [4.78, 5) is 0. The number of hydrogen-bond donors (Lipinski definition) is 3. The zero-order chi connectivity index (χ0) is 13.2. The summed E-state index contributed by atoms with van der Waals surface area (Å²) in [7, 11) is 0. The van der Waals surface area contributed by atoms with E-state index in [1.54, 1.807) is 0 Å². The summed E-state index contributed by atoms with van der Waals surface area (Å²) in [6.45, 7) is 0.809. The van der Waals surface area contributed by atoms with Gasteiger partial charge in [-0.05, 0) is 52.4 Å². The maximum absolute atomic E-state index is 8.61. The topological polar surface area (TPSA) is 70.6 Å². The van der Waals surface area contributed by atoms with Gasteiger partial charge in [-0.3, -0.25) is 0 Å². The first-order chi connectivity index (χ1) is 8.54. The number of anilines is 1. The fourth-order valence-corrected chi connectivity index (χ4v) is 2.75. The molecule has 98 valence electrons. The molecule has 1 aliphatic carbocycles. The third-order valence-corrected chi connectivity index (χ3v) is 4.12. The maximum Gasteiger partial charge on any atom is 0.139 e. The Morgan fingerprint density at radius 2 is 2.28 bits per heavy atom. The molecule has 0 saturated heterocycles. The number of oxime groups is 1. The molecule has 18 heavy (non-hydrogen) atoms. The monoisotopic (exact) mass is 331 g/mol. The Kier molecular flexibility index (Phi) is 4.02. The molecule has 4 nitrogen and oxygen atoms in total. The first-order valence-electron chi connectivity index (χ1n) is 5.70. The van der Waals surface area contributed by atoms with Crippen molar-refractivity contribution in [3.8, 4) is 0 Å². The lowest BCUT2D eigenvalue weighted by molar-refractivity contribution is 0.315. The number of rotatable bonds is 5. The summed E-state index contributed by atoms with van der Waals surface area (Å²) in [6.07, 6.45) is 2.82. The molecule has 2 rings (SSSR count). The summed E-state index contributed by atoms with van der Waals surface area (Å²) in [6, 6.07) is 5.64. The van der Waals surface area contributed by atoms with Gasteiger partial charge in [0.05, 0.1) is 0 Å². The normalized spacial score (nSPS) is 17.6. The van der Waals surface area contributed by atoms with Crippen LogP contribution in [0.25, 0.3) is 0 Å². The molecular formula is C12H15BrClN3O. The van der Waals surface area contributed by atoms with E-state index in [4.69, 9.17) is 22.5 Å². The Balaban J connectivity index is 1.95. The minimum absolute atomic E-state index is 0.134. The van der Waals surface area contributed by atoms with E-state index in [1.165, 1.54) is 0 Å². The second kappa shape index (κ2) is 5.36. The molecule has 6 heteroatoms. The molecule has 0 spiro atoms. The highest BCUT2D eigenvalue weighted by atomic mass is 79.9. The van der Waals surface area contributed by atoms with E-state index < -0.39 is 0 Å². The second-order valence-electron chi connectivity index (χ2n) is 4.75. The van der Waals surface area contributed by atoms with Crippen molar-refractivity contribution in [1.29, 1.82) is 0 Å². The molecule has 0 amide bonds. The van der Waals surface area contributed by atoms with Gasteiger partial charge in [0.15, 0.2) is 0 Å². The number of nitrogens with zero attached hydrogens (tertiary/aromatic N) is 1. The van der Waals surface area contributed by atoms with Crippen molar-refractivity contribution in [1.82, 2.24) is 0 Å². The van der Waals surface area contributed by atoms with Gasteiger partial charge in [0.1, 0.15) is 5.84 Å². The van der Waals surface area contributed by atoms with Gasteiger partial charge in [0.2, 0.25) is 0 Å². The lowest BCUT2D eigenvalue weighted by Crippen LogP contribution is -2.23. The highest BCUT2D eigenvalue weighted by Gasteiger charge is 2.43. The SMILES string of the molecule is N/C(CC1(CNc2ccc(Cl)cc2Br)CC1)=N/O. The summed E-state index contributed by atoms with van der Waals surface area (Å²) in [5.74, 6) is 0.296. The summed E-state index contributed by atoms with van der Waals surface area (Å²) >= 11 is 9.35. The van der Waals surface area contributed by atoms with Gasteiger partial charge in [-0.15, -0.1) is 0 Å². The van der Waals surface area contributed by atoms with Crippen LogP contribution in [0.2, 0.25) is 5.02 Å². The molecule has 0 unspecified atom stereocenters. The van der Waals surface area contributed by atoms with Gasteiger partial charge in [-0.25, -0.2) is 0 Å². The third-order valence-electron chi connectivity index (χ3n) is 3.23. The van der Waals surface area contributed by atoms with Crippen molar-refractivity contribution in [2.24, 2.45) is 16.3 Å². The number of benzene rings is 1. The third kappa shape index (κ3) is 3.29. The van der Waals surface area contributed by atoms with E-state index in [-0.39, 0.29) is 5.41 Å². The molecule has 0 aliphatic heterocycles. The number of nitrogens with one attached hydrogen (secondary N) is 1. The van der Waals surface area contributed by atoms with E-state index in [0.717, 1.165) is 29.5 Å². The molecule has 0 aromatic heterocycles. The van der Waals surface area contributed by atoms with Crippen molar-refractivity contribution in [3.05, 3.63) is 27.7 Å².